The number of aromatic nitrogens is 1. The average Bonchev–Trinajstić information content (AvgIpc) is 3.24. The van der Waals surface area contributed by atoms with Crippen LogP contribution in [0.15, 0.2) is 47.4 Å². The van der Waals surface area contributed by atoms with Gasteiger partial charge in [-0.05, 0) is 5.56 Å². The number of likely N-dealkylation sites (N-methyl/N-ethyl adjacent to an activating group) is 1. The molecule has 1 spiro atoms. The van der Waals surface area contributed by atoms with Crippen molar-refractivity contribution in [2.45, 2.75) is 18.6 Å². The molecule has 0 saturated carbocycles. The fourth-order valence-electron chi connectivity index (χ4n) is 3.90. The second-order valence-corrected chi connectivity index (χ2v) is 7.63. The molecule has 0 radical (unpaired) electrons. The van der Waals surface area contributed by atoms with Gasteiger partial charge in [-0.15, -0.1) is 0 Å². The van der Waals surface area contributed by atoms with Gasteiger partial charge in [-0.1, -0.05) is 30.3 Å². The minimum absolute atomic E-state index is 0.0327. The van der Waals surface area contributed by atoms with E-state index in [1.807, 2.05) is 30.3 Å². The molecular weight excluding hydrogens is 374 g/mol. The standard InChI is InChI=1S/C21H23N3O5/c1-22-10-8-16(25)18(28-12-15-6-4-3-5-7-15)17(22)19(26)24-11-9-21(14-24)13-23(2)20(27)29-21/h3-8,10H,9,11-14H2,1-2H3. The van der Waals surface area contributed by atoms with Crippen LogP contribution in [-0.2, 0) is 18.4 Å². The molecule has 2 aromatic rings. The first-order valence-corrected chi connectivity index (χ1v) is 9.48. The lowest BCUT2D eigenvalue weighted by Crippen LogP contribution is -2.40. The Morgan fingerprint density at radius 2 is 1.90 bits per heavy atom. The Labute approximate surface area is 168 Å². The molecule has 152 valence electrons. The van der Waals surface area contributed by atoms with E-state index in [4.69, 9.17) is 9.47 Å². The van der Waals surface area contributed by atoms with Gasteiger partial charge < -0.3 is 23.8 Å². The highest BCUT2D eigenvalue weighted by Crippen LogP contribution is 2.33. The van der Waals surface area contributed by atoms with Crippen LogP contribution in [0.3, 0.4) is 0 Å². The number of aryl methyl sites for hydroxylation is 1. The highest BCUT2D eigenvalue weighted by Gasteiger charge is 2.50. The van der Waals surface area contributed by atoms with Crippen molar-refractivity contribution in [2.24, 2.45) is 7.05 Å². The molecule has 1 aromatic heterocycles. The summed E-state index contributed by atoms with van der Waals surface area (Å²) in [6.07, 6.45) is 1.74. The van der Waals surface area contributed by atoms with E-state index in [-0.39, 0.29) is 35.5 Å². The maximum atomic E-state index is 13.3. The smallest absolute Gasteiger partial charge is 0.410 e. The summed E-state index contributed by atoms with van der Waals surface area (Å²) in [5, 5.41) is 0. The van der Waals surface area contributed by atoms with Crippen LogP contribution >= 0.6 is 0 Å². The molecule has 3 heterocycles. The van der Waals surface area contributed by atoms with Gasteiger partial charge in [0.25, 0.3) is 5.91 Å². The van der Waals surface area contributed by atoms with Gasteiger partial charge in [-0.2, -0.15) is 0 Å². The van der Waals surface area contributed by atoms with Crippen molar-refractivity contribution in [3.05, 3.63) is 64.1 Å². The Bertz CT molecular complexity index is 1000. The molecule has 2 fully saturated rings. The predicted molar refractivity (Wildman–Crippen MR) is 105 cm³/mol. The quantitative estimate of drug-likeness (QED) is 0.783. The lowest BCUT2D eigenvalue weighted by molar-refractivity contribution is 0.0545. The Morgan fingerprint density at radius 1 is 1.14 bits per heavy atom. The lowest BCUT2D eigenvalue weighted by atomic mass is 10.0. The number of nitrogens with zero attached hydrogens (tertiary/aromatic N) is 3. The summed E-state index contributed by atoms with van der Waals surface area (Å²) < 4.78 is 12.9. The molecule has 2 saturated heterocycles. The molecule has 0 aliphatic carbocycles. The number of pyridine rings is 1. The predicted octanol–water partition coefficient (Wildman–Crippen LogP) is 1.63. The van der Waals surface area contributed by atoms with Gasteiger partial charge in [0.2, 0.25) is 5.43 Å². The number of hydrogen-bond acceptors (Lipinski definition) is 5. The van der Waals surface area contributed by atoms with E-state index >= 15 is 0 Å². The SMILES string of the molecule is CN1CC2(CCN(C(=O)c3c(OCc4ccccc4)c(=O)ccn3C)C2)OC1=O. The first kappa shape index (κ1) is 19.0. The first-order chi connectivity index (χ1) is 13.9. The highest BCUT2D eigenvalue weighted by atomic mass is 16.6. The van der Waals surface area contributed by atoms with Crippen molar-refractivity contribution < 1.29 is 19.1 Å². The van der Waals surface area contributed by atoms with E-state index in [0.29, 0.717) is 26.1 Å². The number of likely N-dealkylation sites (tertiary alicyclic amines) is 1. The zero-order valence-electron chi connectivity index (χ0n) is 16.5. The van der Waals surface area contributed by atoms with E-state index in [2.05, 4.69) is 0 Å². The van der Waals surface area contributed by atoms with Crippen LogP contribution in [0.25, 0.3) is 0 Å². The lowest BCUT2D eigenvalue weighted by Gasteiger charge is -2.23. The van der Waals surface area contributed by atoms with Gasteiger partial charge in [0.1, 0.15) is 6.61 Å². The number of ether oxygens (including phenoxy) is 2. The number of rotatable bonds is 4. The molecule has 8 nitrogen and oxygen atoms in total. The fourth-order valence-corrected chi connectivity index (χ4v) is 3.90. The van der Waals surface area contributed by atoms with Crippen molar-refractivity contribution in [3.63, 3.8) is 0 Å². The van der Waals surface area contributed by atoms with Gasteiger partial charge in [0.05, 0.1) is 13.1 Å². The van der Waals surface area contributed by atoms with Gasteiger partial charge >= 0.3 is 6.09 Å². The number of benzene rings is 1. The van der Waals surface area contributed by atoms with Crippen LogP contribution in [-0.4, -0.2) is 58.7 Å². The van der Waals surface area contributed by atoms with Crippen molar-refractivity contribution in [3.8, 4) is 5.75 Å². The Morgan fingerprint density at radius 3 is 2.59 bits per heavy atom. The molecule has 4 rings (SSSR count). The molecule has 0 N–H and O–H groups in total. The van der Waals surface area contributed by atoms with Crippen LogP contribution in [0.5, 0.6) is 5.75 Å². The second-order valence-electron chi connectivity index (χ2n) is 7.63. The third kappa shape index (κ3) is 3.57. The summed E-state index contributed by atoms with van der Waals surface area (Å²) >= 11 is 0. The third-order valence-corrected chi connectivity index (χ3v) is 5.41. The fraction of sp³-hybridized carbons (Fsp3) is 0.381. The van der Waals surface area contributed by atoms with Crippen LogP contribution in [0, 0.1) is 0 Å². The first-order valence-electron chi connectivity index (χ1n) is 9.48. The molecule has 1 unspecified atom stereocenters. The van der Waals surface area contributed by atoms with Crippen LogP contribution in [0.4, 0.5) is 4.79 Å². The third-order valence-electron chi connectivity index (χ3n) is 5.41. The molecule has 0 bridgehead atoms. The Hall–Kier alpha value is -3.29. The van der Waals surface area contributed by atoms with Gasteiger partial charge in [0, 0.05) is 39.3 Å². The molecule has 8 heteroatoms. The summed E-state index contributed by atoms with van der Waals surface area (Å²) in [6.45, 7) is 1.37. The summed E-state index contributed by atoms with van der Waals surface area (Å²) in [6, 6.07) is 10.8. The van der Waals surface area contributed by atoms with Crippen molar-refractivity contribution in [1.82, 2.24) is 14.4 Å². The zero-order valence-corrected chi connectivity index (χ0v) is 16.5. The summed E-state index contributed by atoms with van der Waals surface area (Å²) in [5.74, 6) is -0.277. The normalized spacial score (nSPS) is 21.0. The minimum Gasteiger partial charge on any atom is -0.483 e. The van der Waals surface area contributed by atoms with Crippen LogP contribution < -0.4 is 10.2 Å². The van der Waals surface area contributed by atoms with E-state index in [9.17, 15) is 14.4 Å². The molecule has 1 aromatic carbocycles. The van der Waals surface area contributed by atoms with Crippen LogP contribution in [0.1, 0.15) is 22.5 Å². The highest BCUT2D eigenvalue weighted by molar-refractivity contribution is 5.95. The second kappa shape index (κ2) is 7.27. The zero-order chi connectivity index (χ0) is 20.6. The monoisotopic (exact) mass is 397 g/mol. The Balaban J connectivity index is 1.58. The number of amides is 2. The van der Waals surface area contributed by atoms with E-state index in [0.717, 1.165) is 5.56 Å². The van der Waals surface area contributed by atoms with Gasteiger partial charge in [0.15, 0.2) is 17.0 Å². The molecule has 2 amide bonds. The van der Waals surface area contributed by atoms with Gasteiger partial charge in [-0.3, -0.25) is 9.59 Å². The largest absolute Gasteiger partial charge is 0.483 e. The molecule has 2 aliphatic rings. The van der Waals surface area contributed by atoms with Crippen molar-refractivity contribution in [2.75, 3.05) is 26.7 Å². The van der Waals surface area contributed by atoms with E-state index < -0.39 is 5.60 Å². The summed E-state index contributed by atoms with van der Waals surface area (Å²) in [5.41, 5.74) is 0.0736. The number of carbonyl (C=O) groups excluding carboxylic acids is 2. The van der Waals surface area contributed by atoms with Crippen LogP contribution in [0.2, 0.25) is 0 Å². The molecule has 1 atom stereocenters. The Kier molecular flexibility index (Phi) is 4.77. The average molecular weight is 397 g/mol. The van der Waals surface area contributed by atoms with Gasteiger partial charge in [-0.25, -0.2) is 4.79 Å². The van der Waals surface area contributed by atoms with Crippen molar-refractivity contribution >= 4 is 12.0 Å². The summed E-state index contributed by atoms with van der Waals surface area (Å²) in [7, 11) is 3.38. The molecular formula is C21H23N3O5. The van der Waals surface area contributed by atoms with Crippen molar-refractivity contribution in [1.29, 1.82) is 0 Å². The number of hydrogen-bond donors (Lipinski definition) is 0. The maximum Gasteiger partial charge on any atom is 0.410 e. The maximum absolute atomic E-state index is 13.3. The summed E-state index contributed by atoms with van der Waals surface area (Å²) in [4.78, 5) is 40.7. The van der Waals surface area contributed by atoms with E-state index in [1.54, 1.807) is 29.8 Å². The van der Waals surface area contributed by atoms with E-state index in [1.165, 1.54) is 11.0 Å². The minimum atomic E-state index is -0.680. The molecule has 2 aliphatic heterocycles. The topological polar surface area (TPSA) is 81.1 Å². The number of carbonyl (C=O) groups is 2. The molecule has 29 heavy (non-hydrogen) atoms.